The maximum absolute atomic E-state index is 13.4. The Kier molecular flexibility index (Phi) is 12.1. The van der Waals surface area contributed by atoms with Crippen molar-refractivity contribution in [3.8, 4) is 0 Å². The molecule has 42 heavy (non-hydrogen) atoms. The van der Waals surface area contributed by atoms with Gasteiger partial charge in [0.2, 0.25) is 0 Å². The van der Waals surface area contributed by atoms with Crippen molar-refractivity contribution in [2.24, 2.45) is 0 Å². The van der Waals surface area contributed by atoms with Crippen molar-refractivity contribution in [3.63, 3.8) is 0 Å². The summed E-state index contributed by atoms with van der Waals surface area (Å²) < 4.78 is 40.7. The number of carbonyl (C=O) groups is 2. The minimum absolute atomic E-state index is 0.0180. The van der Waals surface area contributed by atoms with Crippen molar-refractivity contribution in [2.45, 2.75) is 71.4 Å². The quantitative estimate of drug-likeness (QED) is 0.240. The van der Waals surface area contributed by atoms with E-state index in [2.05, 4.69) is 15.7 Å². The van der Waals surface area contributed by atoms with E-state index in [0.29, 0.717) is 37.3 Å². The zero-order valence-electron chi connectivity index (χ0n) is 24.3. The van der Waals surface area contributed by atoms with Crippen molar-refractivity contribution >= 4 is 11.8 Å². The molecule has 11 heteroatoms. The van der Waals surface area contributed by atoms with Crippen molar-refractivity contribution in [2.75, 3.05) is 19.6 Å². The smallest absolute Gasteiger partial charge is 0.390 e. The molecule has 3 aromatic rings. The van der Waals surface area contributed by atoms with Crippen molar-refractivity contribution in [3.05, 3.63) is 88.7 Å². The number of alkyl halides is 3. The van der Waals surface area contributed by atoms with Crippen molar-refractivity contribution in [1.29, 1.82) is 0 Å². The molecule has 0 unspecified atom stereocenters. The van der Waals surface area contributed by atoms with Gasteiger partial charge in [-0.2, -0.15) is 18.3 Å². The zero-order valence-corrected chi connectivity index (χ0v) is 24.3. The number of nitrogens with one attached hydrogen (secondary N) is 2. The fourth-order valence-electron chi connectivity index (χ4n) is 4.72. The van der Waals surface area contributed by atoms with E-state index in [0.717, 1.165) is 30.5 Å². The molecular formula is C31H40F3N5O3. The molecular weight excluding hydrogens is 547 g/mol. The third-order valence-corrected chi connectivity index (χ3v) is 6.82. The van der Waals surface area contributed by atoms with E-state index in [1.165, 1.54) is 16.8 Å². The number of amides is 2. The van der Waals surface area contributed by atoms with Crippen LogP contribution in [0.1, 0.15) is 71.3 Å². The lowest BCUT2D eigenvalue weighted by molar-refractivity contribution is -0.137. The average Bonchev–Trinajstić information content (AvgIpc) is 3.41. The highest BCUT2D eigenvalue weighted by Crippen LogP contribution is 2.29. The Hall–Kier alpha value is -3.70. The first-order chi connectivity index (χ1) is 20.1. The Morgan fingerprint density at radius 1 is 0.976 bits per heavy atom. The lowest BCUT2D eigenvalue weighted by atomic mass is 10.0. The molecule has 0 bridgehead atoms. The third kappa shape index (κ3) is 9.15. The molecule has 3 N–H and O–H groups in total. The lowest BCUT2D eigenvalue weighted by Gasteiger charge is -2.24. The third-order valence-electron chi connectivity index (χ3n) is 6.82. The molecule has 0 saturated carbocycles. The number of aliphatic hydroxyl groups excluding tert-OH is 1. The lowest BCUT2D eigenvalue weighted by Crippen LogP contribution is -2.48. The van der Waals surface area contributed by atoms with E-state index in [1.807, 2.05) is 51.1 Å². The van der Waals surface area contributed by atoms with E-state index in [-0.39, 0.29) is 24.7 Å². The number of rotatable bonds is 15. The molecule has 0 aliphatic heterocycles. The predicted molar refractivity (Wildman–Crippen MR) is 155 cm³/mol. The summed E-state index contributed by atoms with van der Waals surface area (Å²) in [6, 6.07) is 15.0. The number of aromatic nitrogens is 2. The molecule has 0 fully saturated rings. The van der Waals surface area contributed by atoms with Crippen LogP contribution in [0.15, 0.2) is 60.7 Å². The zero-order chi connectivity index (χ0) is 30.7. The number of halogens is 3. The Morgan fingerprint density at radius 2 is 1.64 bits per heavy atom. The topological polar surface area (TPSA) is 99.5 Å². The highest BCUT2D eigenvalue weighted by molar-refractivity contribution is 5.98. The minimum Gasteiger partial charge on any atom is -0.390 e. The molecule has 0 aliphatic rings. The van der Waals surface area contributed by atoms with Crippen LogP contribution in [-0.4, -0.2) is 63.4 Å². The second kappa shape index (κ2) is 15.5. The van der Waals surface area contributed by atoms with Gasteiger partial charge in [-0.05, 0) is 43.4 Å². The van der Waals surface area contributed by atoms with Gasteiger partial charge >= 0.3 is 6.18 Å². The van der Waals surface area contributed by atoms with Gasteiger partial charge in [0.25, 0.3) is 11.8 Å². The molecule has 2 atom stereocenters. The van der Waals surface area contributed by atoms with Gasteiger partial charge in [-0.15, -0.1) is 0 Å². The fourth-order valence-corrected chi connectivity index (χ4v) is 4.72. The van der Waals surface area contributed by atoms with Crippen molar-refractivity contribution < 1.29 is 27.9 Å². The summed E-state index contributed by atoms with van der Waals surface area (Å²) in [5.74, 6) is -0.724. The monoisotopic (exact) mass is 587 g/mol. The van der Waals surface area contributed by atoms with Crippen LogP contribution in [0.4, 0.5) is 13.2 Å². The summed E-state index contributed by atoms with van der Waals surface area (Å²) in [7, 11) is 0. The largest absolute Gasteiger partial charge is 0.416 e. The van der Waals surface area contributed by atoms with Crippen LogP contribution >= 0.6 is 0 Å². The number of aliphatic hydroxyl groups is 1. The van der Waals surface area contributed by atoms with Gasteiger partial charge in [0.05, 0.1) is 17.7 Å². The van der Waals surface area contributed by atoms with Gasteiger partial charge in [-0.3, -0.25) is 14.3 Å². The van der Waals surface area contributed by atoms with Crippen LogP contribution in [0.5, 0.6) is 0 Å². The highest BCUT2D eigenvalue weighted by atomic mass is 19.4. The van der Waals surface area contributed by atoms with Crippen LogP contribution in [0.3, 0.4) is 0 Å². The number of nitrogens with zero attached hydrogens (tertiary/aromatic N) is 3. The van der Waals surface area contributed by atoms with Crippen LogP contribution in [0, 0.1) is 0 Å². The molecule has 0 spiro atoms. The molecule has 0 saturated heterocycles. The highest BCUT2D eigenvalue weighted by Gasteiger charge is 2.30. The maximum Gasteiger partial charge on any atom is 0.416 e. The van der Waals surface area contributed by atoms with Gasteiger partial charge in [0, 0.05) is 38.8 Å². The Morgan fingerprint density at radius 3 is 2.26 bits per heavy atom. The number of benzene rings is 2. The first-order valence-electron chi connectivity index (χ1n) is 14.3. The van der Waals surface area contributed by atoms with Gasteiger partial charge < -0.3 is 20.6 Å². The minimum atomic E-state index is -4.44. The van der Waals surface area contributed by atoms with Gasteiger partial charge in [0.1, 0.15) is 5.69 Å². The SMILES string of the molecule is CCCN(CCC)C(=O)c1cc(C(=O)N[C@@H](Cc2ccccc2)[C@H](O)CNCc2cccc(C(F)(F)F)c2)nn1CC. The van der Waals surface area contributed by atoms with E-state index in [9.17, 15) is 27.9 Å². The molecule has 228 valence electrons. The number of carbonyl (C=O) groups excluding carboxylic acids is 2. The standard InChI is InChI=1S/C31H40F3N5O3/c1-4-15-38(16-5-2)30(42)27-19-26(37-39(27)6-3)29(41)36-25(18-22-11-8-7-9-12-22)28(40)21-35-20-23-13-10-14-24(17-23)31(32,33)34/h7-14,17,19,25,28,35,40H,4-6,15-16,18,20-21H2,1-3H3,(H,36,41)/t25-,28+/m0/s1. The Balaban J connectivity index is 1.74. The summed E-state index contributed by atoms with van der Waals surface area (Å²) in [5.41, 5.74) is 0.948. The summed E-state index contributed by atoms with van der Waals surface area (Å²) >= 11 is 0. The Bertz CT molecular complexity index is 1290. The molecule has 2 amide bonds. The van der Waals surface area contributed by atoms with Crippen LogP contribution < -0.4 is 10.6 Å². The molecule has 8 nitrogen and oxygen atoms in total. The Labute approximate surface area is 244 Å². The normalized spacial score (nSPS) is 13.0. The molecule has 1 aromatic heterocycles. The second-order valence-corrected chi connectivity index (χ2v) is 10.2. The molecule has 0 aliphatic carbocycles. The first-order valence-corrected chi connectivity index (χ1v) is 14.3. The van der Waals surface area contributed by atoms with Gasteiger partial charge in [-0.25, -0.2) is 0 Å². The summed E-state index contributed by atoms with van der Waals surface area (Å²) in [5, 5.41) is 21.3. The number of hydrogen-bond acceptors (Lipinski definition) is 5. The fraction of sp³-hybridized carbons (Fsp3) is 0.452. The predicted octanol–water partition coefficient (Wildman–Crippen LogP) is 4.68. The van der Waals surface area contributed by atoms with Crippen LogP contribution in [-0.2, 0) is 25.7 Å². The van der Waals surface area contributed by atoms with Crippen LogP contribution in [0.25, 0.3) is 0 Å². The van der Waals surface area contributed by atoms with E-state index >= 15 is 0 Å². The maximum atomic E-state index is 13.4. The summed E-state index contributed by atoms with van der Waals surface area (Å²) in [6.45, 7) is 7.56. The number of hydrogen-bond donors (Lipinski definition) is 3. The number of aryl methyl sites for hydroxylation is 1. The van der Waals surface area contributed by atoms with Crippen molar-refractivity contribution in [1.82, 2.24) is 25.3 Å². The van der Waals surface area contributed by atoms with Gasteiger partial charge in [0.15, 0.2) is 5.69 Å². The molecule has 1 heterocycles. The first kappa shape index (κ1) is 32.8. The summed E-state index contributed by atoms with van der Waals surface area (Å²) in [4.78, 5) is 28.4. The van der Waals surface area contributed by atoms with E-state index < -0.39 is 29.8 Å². The van der Waals surface area contributed by atoms with Gasteiger partial charge in [-0.1, -0.05) is 62.4 Å². The average molecular weight is 588 g/mol. The van der Waals surface area contributed by atoms with E-state index in [1.54, 1.807) is 11.0 Å². The van der Waals surface area contributed by atoms with Crippen LogP contribution in [0.2, 0.25) is 0 Å². The summed E-state index contributed by atoms with van der Waals surface area (Å²) in [6.07, 6.45) is -3.60. The molecule has 0 radical (unpaired) electrons. The molecule has 2 aromatic carbocycles. The second-order valence-electron chi connectivity index (χ2n) is 10.2. The molecule has 3 rings (SSSR count). The van der Waals surface area contributed by atoms with E-state index in [4.69, 9.17) is 0 Å².